The molecular formula is C12H19N3O4. The zero-order valence-electron chi connectivity index (χ0n) is 11.0. The van der Waals surface area contributed by atoms with Gasteiger partial charge in [-0.2, -0.15) is 0 Å². The van der Waals surface area contributed by atoms with Crippen LogP contribution in [0, 0.1) is 17.0 Å². The van der Waals surface area contributed by atoms with Gasteiger partial charge in [-0.3, -0.25) is 10.1 Å². The number of nitrogens with zero attached hydrogens (tertiary/aromatic N) is 1. The molecular weight excluding hydrogens is 250 g/mol. The average Bonchev–Trinajstić information content (AvgIpc) is 2.36. The molecule has 106 valence electrons. The molecule has 7 nitrogen and oxygen atoms in total. The zero-order valence-corrected chi connectivity index (χ0v) is 11.0. The van der Waals surface area contributed by atoms with E-state index < -0.39 is 17.1 Å². The molecule has 1 rings (SSSR count). The van der Waals surface area contributed by atoms with Gasteiger partial charge in [-0.1, -0.05) is 0 Å². The first-order chi connectivity index (χ1) is 8.88. The van der Waals surface area contributed by atoms with Crippen molar-refractivity contribution < 1.29 is 15.1 Å². The Balaban J connectivity index is 3.01. The predicted octanol–water partition coefficient (Wildman–Crippen LogP) is 0.489. The number of aliphatic hydroxyl groups excluding tert-OH is 2. The Hall–Kier alpha value is -1.70. The first kappa shape index (κ1) is 15.4. The highest BCUT2D eigenvalue weighted by molar-refractivity contribution is 5.58. The van der Waals surface area contributed by atoms with Gasteiger partial charge in [0.1, 0.15) is 6.10 Å². The van der Waals surface area contributed by atoms with Crippen molar-refractivity contribution in [2.75, 3.05) is 19.3 Å². The van der Waals surface area contributed by atoms with Crippen LogP contribution in [-0.2, 0) is 0 Å². The summed E-state index contributed by atoms with van der Waals surface area (Å²) in [6, 6.07) is 2.65. The van der Waals surface area contributed by atoms with E-state index in [1.54, 1.807) is 14.0 Å². The van der Waals surface area contributed by atoms with Crippen molar-refractivity contribution in [2.45, 2.75) is 25.6 Å². The van der Waals surface area contributed by atoms with Crippen molar-refractivity contribution >= 4 is 11.4 Å². The van der Waals surface area contributed by atoms with Crippen LogP contribution in [0.15, 0.2) is 12.1 Å². The summed E-state index contributed by atoms with van der Waals surface area (Å²) in [5.74, 6) is 0. The molecule has 0 radical (unpaired) electrons. The fourth-order valence-corrected chi connectivity index (χ4v) is 1.85. The van der Waals surface area contributed by atoms with E-state index in [0.717, 1.165) is 0 Å². The van der Waals surface area contributed by atoms with Gasteiger partial charge in [0.05, 0.1) is 11.0 Å². The fourth-order valence-electron chi connectivity index (χ4n) is 1.85. The minimum Gasteiger partial charge on any atom is -0.398 e. The number of rotatable bonds is 6. The second kappa shape index (κ2) is 6.46. The molecule has 0 saturated heterocycles. The van der Waals surface area contributed by atoms with Crippen molar-refractivity contribution in [3.8, 4) is 0 Å². The highest BCUT2D eigenvalue weighted by atomic mass is 16.6. The minimum absolute atomic E-state index is 0.0989. The molecule has 0 spiro atoms. The number of nitro benzene ring substituents is 1. The van der Waals surface area contributed by atoms with Gasteiger partial charge in [0.2, 0.25) is 0 Å². The quantitative estimate of drug-likeness (QED) is 0.339. The minimum atomic E-state index is -1.16. The van der Waals surface area contributed by atoms with Crippen LogP contribution in [-0.4, -0.2) is 34.8 Å². The van der Waals surface area contributed by atoms with Crippen LogP contribution in [0.4, 0.5) is 11.4 Å². The number of benzene rings is 1. The number of nitro groups is 1. The van der Waals surface area contributed by atoms with Gasteiger partial charge in [0, 0.05) is 22.9 Å². The van der Waals surface area contributed by atoms with Crippen LogP contribution in [0.5, 0.6) is 0 Å². The van der Waals surface area contributed by atoms with Crippen molar-refractivity contribution in [1.82, 2.24) is 5.32 Å². The summed E-state index contributed by atoms with van der Waals surface area (Å²) in [7, 11) is 1.74. The van der Waals surface area contributed by atoms with Crippen molar-refractivity contribution in [1.29, 1.82) is 0 Å². The summed E-state index contributed by atoms with van der Waals surface area (Å²) in [5.41, 5.74) is 6.42. The van der Waals surface area contributed by atoms with E-state index in [-0.39, 0.29) is 11.4 Å². The average molecular weight is 269 g/mol. The van der Waals surface area contributed by atoms with Crippen LogP contribution >= 0.6 is 0 Å². The summed E-state index contributed by atoms with van der Waals surface area (Å²) in [6.45, 7) is 2.11. The Morgan fingerprint density at radius 2 is 2.11 bits per heavy atom. The van der Waals surface area contributed by atoms with Gasteiger partial charge in [-0.15, -0.1) is 0 Å². The predicted molar refractivity (Wildman–Crippen MR) is 71.8 cm³/mol. The third-order valence-corrected chi connectivity index (χ3v) is 2.97. The van der Waals surface area contributed by atoms with E-state index in [1.807, 2.05) is 0 Å². The lowest BCUT2D eigenvalue weighted by atomic mass is 9.98. The van der Waals surface area contributed by atoms with E-state index in [2.05, 4.69) is 5.32 Å². The molecule has 0 heterocycles. The lowest BCUT2D eigenvalue weighted by molar-refractivity contribution is -0.385. The molecule has 5 N–H and O–H groups in total. The number of nitrogen functional groups attached to an aromatic ring is 1. The number of anilines is 1. The highest BCUT2D eigenvalue weighted by Crippen LogP contribution is 2.30. The fraction of sp³-hybridized carbons (Fsp3) is 0.500. The van der Waals surface area contributed by atoms with Crippen LogP contribution in [0.3, 0.4) is 0 Å². The summed E-state index contributed by atoms with van der Waals surface area (Å²) >= 11 is 0. The van der Waals surface area contributed by atoms with E-state index in [4.69, 9.17) is 5.73 Å². The number of nitrogens with one attached hydrogen (secondary N) is 1. The summed E-state index contributed by atoms with van der Waals surface area (Å²) in [4.78, 5) is 10.2. The van der Waals surface area contributed by atoms with Crippen molar-refractivity contribution in [3.05, 3.63) is 33.4 Å². The lowest BCUT2D eigenvalue weighted by Crippen LogP contribution is -2.24. The van der Waals surface area contributed by atoms with Crippen LogP contribution in [0.2, 0.25) is 0 Å². The largest absolute Gasteiger partial charge is 0.398 e. The van der Waals surface area contributed by atoms with E-state index in [9.17, 15) is 20.3 Å². The Bertz CT molecular complexity index is 465. The second-order valence-electron chi connectivity index (χ2n) is 4.43. The van der Waals surface area contributed by atoms with Gasteiger partial charge in [-0.25, -0.2) is 0 Å². The maximum Gasteiger partial charge on any atom is 0.274 e. The maximum absolute atomic E-state index is 10.8. The molecule has 0 amide bonds. The highest BCUT2D eigenvalue weighted by Gasteiger charge is 2.23. The molecule has 0 aromatic heterocycles. The standard InChI is InChI=1S/C12H19N3O4/c1-7-5-8(9(13)6-10(7)15(18)19)12(17)11(16)3-4-14-2/h5-6,11-12,14,16-17H,3-4,13H2,1-2H3. The van der Waals surface area contributed by atoms with E-state index in [1.165, 1.54) is 12.1 Å². The normalized spacial score (nSPS) is 14.1. The Kier molecular flexibility index (Phi) is 5.22. The third-order valence-electron chi connectivity index (χ3n) is 2.97. The maximum atomic E-state index is 10.8. The number of hydrogen-bond acceptors (Lipinski definition) is 6. The van der Waals surface area contributed by atoms with Gasteiger partial charge in [0.25, 0.3) is 5.69 Å². The number of nitrogens with two attached hydrogens (primary N) is 1. The van der Waals surface area contributed by atoms with Gasteiger partial charge in [-0.05, 0) is 33.0 Å². The number of aryl methyl sites for hydroxylation is 1. The molecule has 2 atom stereocenters. The molecule has 0 fully saturated rings. The Morgan fingerprint density at radius 1 is 1.47 bits per heavy atom. The first-order valence-corrected chi connectivity index (χ1v) is 5.93. The van der Waals surface area contributed by atoms with Gasteiger partial charge in [0.15, 0.2) is 0 Å². The molecule has 0 saturated carbocycles. The Morgan fingerprint density at radius 3 is 2.63 bits per heavy atom. The summed E-state index contributed by atoms with van der Waals surface area (Å²) < 4.78 is 0. The van der Waals surface area contributed by atoms with Crippen LogP contribution in [0.1, 0.15) is 23.7 Å². The topological polar surface area (TPSA) is 122 Å². The monoisotopic (exact) mass is 269 g/mol. The van der Waals surface area contributed by atoms with Crippen molar-refractivity contribution in [2.24, 2.45) is 0 Å². The number of hydrogen-bond donors (Lipinski definition) is 4. The third kappa shape index (κ3) is 3.63. The van der Waals surface area contributed by atoms with Gasteiger partial charge >= 0.3 is 0 Å². The van der Waals surface area contributed by atoms with Crippen molar-refractivity contribution in [3.63, 3.8) is 0 Å². The summed E-state index contributed by atoms with van der Waals surface area (Å²) in [5, 5.41) is 33.5. The molecule has 0 bridgehead atoms. The Labute approximate surface area is 111 Å². The molecule has 2 unspecified atom stereocenters. The zero-order chi connectivity index (χ0) is 14.6. The second-order valence-corrected chi connectivity index (χ2v) is 4.43. The molecule has 1 aromatic rings. The SMILES string of the molecule is CNCCC(O)C(O)c1cc(C)c([N+](=O)[O-])cc1N. The van der Waals surface area contributed by atoms with E-state index >= 15 is 0 Å². The smallest absolute Gasteiger partial charge is 0.274 e. The molecule has 0 aliphatic rings. The number of aliphatic hydroxyl groups is 2. The lowest BCUT2D eigenvalue weighted by Gasteiger charge is -2.20. The molecule has 1 aromatic carbocycles. The van der Waals surface area contributed by atoms with Crippen LogP contribution < -0.4 is 11.1 Å². The molecule has 19 heavy (non-hydrogen) atoms. The van der Waals surface area contributed by atoms with Crippen LogP contribution in [0.25, 0.3) is 0 Å². The first-order valence-electron chi connectivity index (χ1n) is 5.93. The van der Waals surface area contributed by atoms with Gasteiger partial charge < -0.3 is 21.3 Å². The molecule has 0 aliphatic heterocycles. The molecule has 0 aliphatic carbocycles. The van der Waals surface area contributed by atoms with E-state index in [0.29, 0.717) is 24.1 Å². The summed E-state index contributed by atoms with van der Waals surface area (Å²) in [6.07, 6.45) is -1.78. The molecule has 7 heteroatoms.